The van der Waals surface area contributed by atoms with Gasteiger partial charge in [-0.3, -0.25) is 5.32 Å². The standard InChI is InChI=1S/C15H18ClN3O4S2/c1-8(20)7-17-14(21)19-15-18-9(2)13(24-15)10-4-5-11(16)12(6-10)25(3,22)23/h4-6,8,20H,7H2,1-3H3,(H2,17,18,19,21)/t8-/m0/s1. The summed E-state index contributed by atoms with van der Waals surface area (Å²) in [5, 5.41) is 14.8. The Morgan fingerprint density at radius 2 is 2.12 bits per heavy atom. The first-order valence-electron chi connectivity index (χ1n) is 7.28. The fourth-order valence-corrected chi connectivity index (χ4v) is 4.29. The predicted molar refractivity (Wildman–Crippen MR) is 99.1 cm³/mol. The third-order valence-electron chi connectivity index (χ3n) is 3.17. The van der Waals surface area contributed by atoms with E-state index in [1.165, 1.54) is 23.5 Å². The van der Waals surface area contributed by atoms with Crippen molar-refractivity contribution in [2.24, 2.45) is 0 Å². The first kappa shape index (κ1) is 19.6. The van der Waals surface area contributed by atoms with Crippen LogP contribution in [0.3, 0.4) is 0 Å². The summed E-state index contributed by atoms with van der Waals surface area (Å²) in [6.07, 6.45) is 0.444. The van der Waals surface area contributed by atoms with E-state index in [1.54, 1.807) is 19.9 Å². The fraction of sp³-hybridized carbons (Fsp3) is 0.333. The number of aliphatic hydroxyl groups is 1. The van der Waals surface area contributed by atoms with Gasteiger partial charge in [0, 0.05) is 12.8 Å². The molecule has 0 bridgehead atoms. The number of carbonyl (C=O) groups is 1. The summed E-state index contributed by atoms with van der Waals surface area (Å²) in [6.45, 7) is 3.45. The lowest BCUT2D eigenvalue weighted by Crippen LogP contribution is -2.34. The van der Waals surface area contributed by atoms with Crippen molar-refractivity contribution in [3.63, 3.8) is 0 Å². The molecule has 0 radical (unpaired) electrons. The van der Waals surface area contributed by atoms with Crippen molar-refractivity contribution in [1.82, 2.24) is 10.3 Å². The third kappa shape index (κ3) is 5.15. The number of sulfone groups is 1. The van der Waals surface area contributed by atoms with Crippen molar-refractivity contribution >= 4 is 43.9 Å². The minimum Gasteiger partial charge on any atom is -0.392 e. The van der Waals surface area contributed by atoms with Crippen LogP contribution in [-0.2, 0) is 9.84 Å². The van der Waals surface area contributed by atoms with E-state index >= 15 is 0 Å². The molecule has 1 heterocycles. The second-order valence-corrected chi connectivity index (χ2v) is 8.93. The van der Waals surface area contributed by atoms with Crippen LogP contribution in [0.2, 0.25) is 5.02 Å². The summed E-state index contributed by atoms with van der Waals surface area (Å²) in [5.41, 5.74) is 1.30. The number of nitrogens with zero attached hydrogens (tertiary/aromatic N) is 1. The number of aromatic nitrogens is 1. The SMILES string of the molecule is Cc1nc(NC(=O)NC[C@H](C)O)sc1-c1ccc(Cl)c(S(C)(=O)=O)c1. The van der Waals surface area contributed by atoms with E-state index in [1.807, 2.05) is 0 Å². The molecule has 1 atom stereocenters. The lowest BCUT2D eigenvalue weighted by molar-refractivity contribution is 0.190. The second-order valence-electron chi connectivity index (χ2n) is 5.53. The molecule has 1 aromatic carbocycles. The van der Waals surface area contributed by atoms with Gasteiger partial charge in [0.15, 0.2) is 15.0 Å². The van der Waals surface area contributed by atoms with Gasteiger partial charge in [0.2, 0.25) is 0 Å². The molecule has 0 spiro atoms. The maximum atomic E-state index is 11.8. The average Bonchev–Trinajstić information content (AvgIpc) is 2.85. The molecule has 7 nitrogen and oxygen atoms in total. The molecule has 0 aliphatic heterocycles. The molecule has 0 fully saturated rings. The van der Waals surface area contributed by atoms with Crippen molar-refractivity contribution in [2.45, 2.75) is 24.8 Å². The highest BCUT2D eigenvalue weighted by Gasteiger charge is 2.17. The van der Waals surface area contributed by atoms with Crippen molar-refractivity contribution in [1.29, 1.82) is 0 Å². The minimum atomic E-state index is -3.46. The average molecular weight is 404 g/mol. The number of hydrogen-bond acceptors (Lipinski definition) is 6. The van der Waals surface area contributed by atoms with Gasteiger partial charge < -0.3 is 10.4 Å². The smallest absolute Gasteiger partial charge is 0.321 e. The summed E-state index contributed by atoms with van der Waals surface area (Å²) >= 11 is 7.18. The number of aliphatic hydroxyl groups excluding tert-OH is 1. The molecule has 10 heteroatoms. The first-order valence-corrected chi connectivity index (χ1v) is 10.4. The molecule has 0 aliphatic carbocycles. The molecule has 0 saturated heterocycles. The van der Waals surface area contributed by atoms with Crippen LogP contribution in [-0.4, -0.2) is 43.4 Å². The van der Waals surface area contributed by atoms with Crippen LogP contribution in [0.1, 0.15) is 12.6 Å². The Morgan fingerprint density at radius 1 is 1.44 bits per heavy atom. The van der Waals surface area contributed by atoms with Gasteiger partial charge in [-0.1, -0.05) is 29.0 Å². The van der Waals surface area contributed by atoms with E-state index in [0.29, 0.717) is 16.4 Å². The highest BCUT2D eigenvalue weighted by Crippen LogP contribution is 2.35. The third-order valence-corrected chi connectivity index (χ3v) is 5.87. The molecule has 1 aromatic heterocycles. The van der Waals surface area contributed by atoms with Crippen LogP contribution in [0.5, 0.6) is 0 Å². The van der Waals surface area contributed by atoms with Crippen LogP contribution in [0.25, 0.3) is 10.4 Å². The lowest BCUT2D eigenvalue weighted by Gasteiger charge is -2.06. The Bertz CT molecular complexity index is 894. The van der Waals surface area contributed by atoms with E-state index in [-0.39, 0.29) is 16.5 Å². The number of benzene rings is 1. The molecular formula is C15H18ClN3O4S2. The van der Waals surface area contributed by atoms with E-state index in [9.17, 15) is 13.2 Å². The van der Waals surface area contributed by atoms with Crippen molar-refractivity contribution in [3.8, 4) is 10.4 Å². The number of amides is 2. The summed E-state index contributed by atoms with van der Waals surface area (Å²) in [4.78, 5) is 16.8. The molecule has 25 heavy (non-hydrogen) atoms. The lowest BCUT2D eigenvalue weighted by atomic mass is 10.2. The quantitative estimate of drug-likeness (QED) is 0.711. The number of urea groups is 1. The molecule has 2 amide bonds. The molecule has 0 aliphatic rings. The Balaban J connectivity index is 2.27. The van der Waals surface area contributed by atoms with Gasteiger partial charge in [-0.2, -0.15) is 0 Å². The topological polar surface area (TPSA) is 108 Å². The van der Waals surface area contributed by atoms with Crippen LogP contribution in [0.4, 0.5) is 9.93 Å². The van der Waals surface area contributed by atoms with E-state index in [2.05, 4.69) is 15.6 Å². The number of hydrogen-bond donors (Lipinski definition) is 3. The van der Waals surface area contributed by atoms with Gasteiger partial charge in [0.25, 0.3) is 0 Å². The van der Waals surface area contributed by atoms with Crippen molar-refractivity contribution in [2.75, 3.05) is 18.1 Å². The number of carbonyl (C=O) groups excluding carboxylic acids is 1. The van der Waals surface area contributed by atoms with Gasteiger partial charge in [0.05, 0.1) is 26.6 Å². The monoisotopic (exact) mass is 403 g/mol. The molecule has 3 N–H and O–H groups in total. The summed E-state index contributed by atoms with van der Waals surface area (Å²) < 4.78 is 23.6. The number of rotatable bonds is 5. The van der Waals surface area contributed by atoms with E-state index in [0.717, 1.165) is 11.1 Å². The molecule has 2 aromatic rings. The summed E-state index contributed by atoms with van der Waals surface area (Å²) in [7, 11) is -3.46. The van der Waals surface area contributed by atoms with Gasteiger partial charge in [0.1, 0.15) is 0 Å². The fourth-order valence-electron chi connectivity index (χ4n) is 2.03. The normalized spacial score (nSPS) is 12.7. The van der Waals surface area contributed by atoms with Crippen molar-refractivity contribution < 1.29 is 18.3 Å². The zero-order valence-electron chi connectivity index (χ0n) is 13.8. The Labute approximate surface area is 155 Å². The van der Waals surface area contributed by atoms with Gasteiger partial charge in [-0.25, -0.2) is 18.2 Å². The number of thiazole rings is 1. The predicted octanol–water partition coefficient (Wildman–Crippen LogP) is 2.68. The Morgan fingerprint density at radius 3 is 2.72 bits per heavy atom. The minimum absolute atomic E-state index is 0.0450. The molecule has 2 rings (SSSR count). The Kier molecular flexibility index (Phi) is 6.04. The summed E-state index contributed by atoms with van der Waals surface area (Å²) in [6, 6.07) is 4.24. The maximum absolute atomic E-state index is 11.8. The van der Waals surface area contributed by atoms with Crippen molar-refractivity contribution in [3.05, 3.63) is 28.9 Å². The molecule has 0 unspecified atom stereocenters. The van der Waals surface area contributed by atoms with E-state index < -0.39 is 22.0 Å². The van der Waals surface area contributed by atoms with Crippen LogP contribution in [0, 0.1) is 6.92 Å². The molecule has 136 valence electrons. The van der Waals surface area contributed by atoms with Gasteiger partial charge in [-0.15, -0.1) is 0 Å². The number of halogens is 1. The molecule has 0 saturated carbocycles. The highest BCUT2D eigenvalue weighted by molar-refractivity contribution is 7.90. The van der Waals surface area contributed by atoms with Gasteiger partial charge >= 0.3 is 6.03 Å². The van der Waals surface area contributed by atoms with E-state index in [4.69, 9.17) is 16.7 Å². The largest absolute Gasteiger partial charge is 0.392 e. The van der Waals surface area contributed by atoms with Crippen LogP contribution < -0.4 is 10.6 Å². The molecular weight excluding hydrogens is 386 g/mol. The Hall–Kier alpha value is -1.68. The second kappa shape index (κ2) is 7.69. The zero-order valence-corrected chi connectivity index (χ0v) is 16.2. The summed E-state index contributed by atoms with van der Waals surface area (Å²) in [5.74, 6) is 0. The number of anilines is 1. The van der Waals surface area contributed by atoms with Crippen LogP contribution >= 0.6 is 22.9 Å². The highest BCUT2D eigenvalue weighted by atomic mass is 35.5. The van der Waals surface area contributed by atoms with Crippen LogP contribution in [0.15, 0.2) is 23.1 Å². The zero-order chi connectivity index (χ0) is 18.8. The first-order chi connectivity index (χ1) is 11.6. The van der Waals surface area contributed by atoms with Gasteiger partial charge in [-0.05, 0) is 31.5 Å². The maximum Gasteiger partial charge on any atom is 0.321 e. The number of nitrogens with one attached hydrogen (secondary N) is 2. The number of aryl methyl sites for hydroxylation is 1.